The summed E-state index contributed by atoms with van der Waals surface area (Å²) in [5.74, 6) is 0.562. The Bertz CT molecular complexity index is 579. The van der Waals surface area contributed by atoms with Gasteiger partial charge in [0.25, 0.3) is 0 Å². The van der Waals surface area contributed by atoms with Crippen LogP contribution in [-0.4, -0.2) is 54.6 Å². The summed E-state index contributed by atoms with van der Waals surface area (Å²) >= 11 is 0. The number of hydrogen-bond acceptors (Lipinski definition) is 3. The summed E-state index contributed by atoms with van der Waals surface area (Å²) in [5.41, 5.74) is 2.73. The Balaban J connectivity index is 1.53. The molecule has 2 amide bonds. The molecule has 5 nitrogen and oxygen atoms in total. The molecule has 0 N–H and O–H groups in total. The zero-order valence-corrected chi connectivity index (χ0v) is 13.7. The molecule has 0 saturated carbocycles. The third kappa shape index (κ3) is 3.66. The van der Waals surface area contributed by atoms with Gasteiger partial charge in [0.15, 0.2) is 0 Å². The lowest BCUT2D eigenvalue weighted by Crippen LogP contribution is -2.47. The van der Waals surface area contributed by atoms with Gasteiger partial charge < -0.3 is 9.64 Å². The molecule has 2 aliphatic heterocycles. The molecule has 0 bridgehead atoms. The van der Waals surface area contributed by atoms with Gasteiger partial charge in [-0.25, -0.2) is 4.79 Å². The Morgan fingerprint density at radius 3 is 2.65 bits per heavy atom. The van der Waals surface area contributed by atoms with Gasteiger partial charge in [0, 0.05) is 19.6 Å². The van der Waals surface area contributed by atoms with Gasteiger partial charge in [-0.1, -0.05) is 24.3 Å². The van der Waals surface area contributed by atoms with Gasteiger partial charge in [0.05, 0.1) is 6.61 Å². The second kappa shape index (κ2) is 7.02. The zero-order valence-electron chi connectivity index (χ0n) is 13.7. The molecule has 2 aliphatic rings. The number of benzene rings is 1. The third-order valence-corrected chi connectivity index (χ3v) is 4.86. The van der Waals surface area contributed by atoms with E-state index in [1.54, 1.807) is 0 Å². The van der Waals surface area contributed by atoms with Gasteiger partial charge in [-0.2, -0.15) is 0 Å². The fourth-order valence-corrected chi connectivity index (χ4v) is 3.49. The number of piperidine rings is 1. The van der Waals surface area contributed by atoms with E-state index in [2.05, 4.69) is 31.2 Å². The summed E-state index contributed by atoms with van der Waals surface area (Å²) < 4.78 is 4.98. The number of hydrogen-bond donors (Lipinski definition) is 0. The van der Waals surface area contributed by atoms with Crippen molar-refractivity contribution >= 4 is 12.0 Å². The average molecular weight is 316 g/mol. The van der Waals surface area contributed by atoms with E-state index in [1.807, 2.05) is 4.90 Å². The van der Waals surface area contributed by atoms with Crippen LogP contribution in [0.15, 0.2) is 24.3 Å². The van der Waals surface area contributed by atoms with E-state index >= 15 is 0 Å². The van der Waals surface area contributed by atoms with E-state index < -0.39 is 0 Å². The van der Waals surface area contributed by atoms with Crippen molar-refractivity contribution in [3.63, 3.8) is 0 Å². The first-order valence-electron chi connectivity index (χ1n) is 8.40. The van der Waals surface area contributed by atoms with Crippen molar-refractivity contribution in [3.8, 4) is 0 Å². The lowest BCUT2D eigenvalue weighted by molar-refractivity contribution is -0.133. The molecule has 124 valence electrons. The third-order valence-electron chi connectivity index (χ3n) is 4.86. The van der Waals surface area contributed by atoms with Crippen molar-refractivity contribution in [2.24, 2.45) is 0 Å². The maximum Gasteiger partial charge on any atom is 0.410 e. The normalized spacial score (nSPS) is 19.6. The van der Waals surface area contributed by atoms with Crippen LogP contribution in [-0.2, 0) is 9.53 Å². The number of rotatable bonds is 3. The molecule has 2 heterocycles. The number of ether oxygens (including phenoxy) is 1. The van der Waals surface area contributed by atoms with Gasteiger partial charge in [-0.15, -0.1) is 0 Å². The minimum atomic E-state index is -0.362. The average Bonchev–Trinajstić information content (AvgIpc) is 2.57. The predicted molar refractivity (Wildman–Crippen MR) is 87.3 cm³/mol. The SMILES string of the molecule is Cc1ccccc1C1CCN(C(=O)CN2CCCOC2=O)CC1. The largest absolute Gasteiger partial charge is 0.449 e. The van der Waals surface area contributed by atoms with E-state index in [4.69, 9.17) is 4.74 Å². The number of aryl methyl sites for hydroxylation is 1. The Hall–Kier alpha value is -2.04. The molecule has 0 atom stereocenters. The van der Waals surface area contributed by atoms with Gasteiger partial charge in [0.1, 0.15) is 6.54 Å². The molecule has 5 heteroatoms. The topological polar surface area (TPSA) is 49.9 Å². The molecule has 0 aromatic heterocycles. The number of carbonyl (C=O) groups excluding carboxylic acids is 2. The maximum atomic E-state index is 12.4. The van der Waals surface area contributed by atoms with E-state index in [1.165, 1.54) is 16.0 Å². The maximum absolute atomic E-state index is 12.4. The van der Waals surface area contributed by atoms with Crippen LogP contribution >= 0.6 is 0 Å². The number of cyclic esters (lactones) is 1. The second-order valence-corrected chi connectivity index (χ2v) is 6.40. The molecule has 0 radical (unpaired) electrons. The Morgan fingerprint density at radius 1 is 1.22 bits per heavy atom. The van der Waals surface area contributed by atoms with Crippen LogP contribution in [0.4, 0.5) is 4.79 Å². The van der Waals surface area contributed by atoms with E-state index in [-0.39, 0.29) is 18.5 Å². The highest BCUT2D eigenvalue weighted by Crippen LogP contribution is 2.30. The molecule has 3 rings (SSSR count). The number of likely N-dealkylation sites (tertiary alicyclic amines) is 1. The van der Waals surface area contributed by atoms with Crippen LogP contribution in [0.5, 0.6) is 0 Å². The molecule has 0 unspecified atom stereocenters. The fraction of sp³-hybridized carbons (Fsp3) is 0.556. The van der Waals surface area contributed by atoms with Crippen molar-refractivity contribution in [2.45, 2.75) is 32.1 Å². The Morgan fingerprint density at radius 2 is 1.96 bits per heavy atom. The number of carbonyl (C=O) groups is 2. The molecule has 2 saturated heterocycles. The van der Waals surface area contributed by atoms with Crippen LogP contribution in [0.3, 0.4) is 0 Å². The molecular weight excluding hydrogens is 292 g/mol. The molecule has 0 aliphatic carbocycles. The molecular formula is C18H24N2O3. The summed E-state index contributed by atoms with van der Waals surface area (Å²) in [5, 5.41) is 0. The Labute approximate surface area is 137 Å². The van der Waals surface area contributed by atoms with Crippen molar-refractivity contribution in [2.75, 3.05) is 32.8 Å². The van der Waals surface area contributed by atoms with Crippen LogP contribution in [0, 0.1) is 6.92 Å². The minimum Gasteiger partial charge on any atom is -0.449 e. The number of amides is 2. The summed E-state index contributed by atoms with van der Waals surface area (Å²) in [7, 11) is 0. The van der Waals surface area contributed by atoms with E-state index in [0.717, 1.165) is 32.4 Å². The van der Waals surface area contributed by atoms with Gasteiger partial charge in [0.2, 0.25) is 5.91 Å². The van der Waals surface area contributed by atoms with Gasteiger partial charge >= 0.3 is 6.09 Å². The summed E-state index contributed by atoms with van der Waals surface area (Å²) in [6.45, 7) is 4.90. The summed E-state index contributed by atoms with van der Waals surface area (Å²) in [6.07, 6.45) is 2.41. The lowest BCUT2D eigenvalue weighted by Gasteiger charge is -2.34. The van der Waals surface area contributed by atoms with Crippen molar-refractivity contribution in [1.29, 1.82) is 0 Å². The molecule has 23 heavy (non-hydrogen) atoms. The van der Waals surface area contributed by atoms with Crippen LogP contribution in [0.1, 0.15) is 36.3 Å². The first kappa shape index (κ1) is 15.8. The highest BCUT2D eigenvalue weighted by molar-refractivity contribution is 5.82. The first-order valence-corrected chi connectivity index (χ1v) is 8.40. The highest BCUT2D eigenvalue weighted by atomic mass is 16.6. The van der Waals surface area contributed by atoms with E-state index in [9.17, 15) is 9.59 Å². The summed E-state index contributed by atoms with van der Waals surface area (Å²) in [6, 6.07) is 8.49. The van der Waals surface area contributed by atoms with Crippen molar-refractivity contribution in [3.05, 3.63) is 35.4 Å². The van der Waals surface area contributed by atoms with Gasteiger partial charge in [-0.3, -0.25) is 9.69 Å². The van der Waals surface area contributed by atoms with Crippen LogP contribution < -0.4 is 0 Å². The van der Waals surface area contributed by atoms with Crippen LogP contribution in [0.2, 0.25) is 0 Å². The highest BCUT2D eigenvalue weighted by Gasteiger charge is 2.28. The lowest BCUT2D eigenvalue weighted by atomic mass is 9.87. The Kier molecular flexibility index (Phi) is 4.84. The fourth-order valence-electron chi connectivity index (χ4n) is 3.49. The van der Waals surface area contributed by atoms with Crippen molar-refractivity contribution in [1.82, 2.24) is 9.80 Å². The molecule has 2 fully saturated rings. The summed E-state index contributed by atoms with van der Waals surface area (Å²) in [4.78, 5) is 27.4. The molecule has 1 aromatic carbocycles. The van der Waals surface area contributed by atoms with E-state index in [0.29, 0.717) is 19.1 Å². The standard InChI is InChI=1S/C18H24N2O3/c1-14-5-2-3-6-16(14)15-7-10-19(11-8-15)17(21)13-20-9-4-12-23-18(20)22/h2-3,5-6,15H,4,7-13H2,1H3. The molecule has 0 spiro atoms. The number of nitrogens with zero attached hydrogens (tertiary/aromatic N) is 2. The van der Waals surface area contributed by atoms with Crippen molar-refractivity contribution < 1.29 is 14.3 Å². The second-order valence-electron chi connectivity index (χ2n) is 6.40. The first-order chi connectivity index (χ1) is 11.1. The smallest absolute Gasteiger partial charge is 0.410 e. The quantitative estimate of drug-likeness (QED) is 0.861. The monoisotopic (exact) mass is 316 g/mol. The predicted octanol–water partition coefficient (Wildman–Crippen LogP) is 2.54. The van der Waals surface area contributed by atoms with Crippen LogP contribution in [0.25, 0.3) is 0 Å². The molecule has 1 aromatic rings. The minimum absolute atomic E-state index is 0.0343. The zero-order chi connectivity index (χ0) is 16.2. The van der Waals surface area contributed by atoms with Gasteiger partial charge in [-0.05, 0) is 43.2 Å².